The number of halogens is 1. The van der Waals surface area contributed by atoms with Gasteiger partial charge in [-0.3, -0.25) is 14.4 Å². The van der Waals surface area contributed by atoms with Gasteiger partial charge in [0.2, 0.25) is 0 Å². The van der Waals surface area contributed by atoms with Crippen LogP contribution in [0.4, 0.5) is 5.13 Å². The summed E-state index contributed by atoms with van der Waals surface area (Å²) in [5.74, 6) is -0.173. The van der Waals surface area contributed by atoms with Gasteiger partial charge in [0.1, 0.15) is 0 Å². The van der Waals surface area contributed by atoms with Crippen molar-refractivity contribution in [2.75, 3.05) is 4.90 Å². The number of carbonyl (C=O) groups excluding carboxylic acids is 1. The fraction of sp³-hybridized carbons (Fsp3) is 0.150. The number of rotatable bonds is 4. The Morgan fingerprint density at radius 1 is 1.19 bits per heavy atom. The third kappa shape index (κ3) is 3.59. The van der Waals surface area contributed by atoms with Crippen molar-refractivity contribution in [1.82, 2.24) is 14.8 Å². The number of carbonyl (C=O) groups is 1. The van der Waals surface area contributed by atoms with E-state index in [-0.39, 0.29) is 5.91 Å². The van der Waals surface area contributed by atoms with Crippen LogP contribution in [0.3, 0.4) is 0 Å². The molecule has 5 nitrogen and oxygen atoms in total. The first-order valence-electron chi connectivity index (χ1n) is 8.44. The smallest absolute Gasteiger partial charge is 0.278 e. The van der Waals surface area contributed by atoms with Crippen LogP contribution in [0.1, 0.15) is 21.7 Å². The predicted octanol–water partition coefficient (Wildman–Crippen LogP) is 4.84. The van der Waals surface area contributed by atoms with Gasteiger partial charge in [-0.25, -0.2) is 4.98 Å². The molecule has 0 unspecified atom stereocenters. The number of fused-ring (bicyclic) bond motifs is 1. The lowest BCUT2D eigenvalue weighted by molar-refractivity contribution is 0.0979. The molecule has 0 aliphatic heterocycles. The van der Waals surface area contributed by atoms with E-state index in [2.05, 4.69) is 10.1 Å². The van der Waals surface area contributed by atoms with Crippen LogP contribution in [0.15, 0.2) is 54.6 Å². The maximum atomic E-state index is 13.2. The number of aryl methyl sites for hydroxylation is 2. The molecule has 0 atom stereocenters. The van der Waals surface area contributed by atoms with Crippen molar-refractivity contribution in [3.63, 3.8) is 0 Å². The van der Waals surface area contributed by atoms with Crippen molar-refractivity contribution in [2.24, 2.45) is 7.05 Å². The van der Waals surface area contributed by atoms with Gasteiger partial charge in [0.15, 0.2) is 10.8 Å². The molecule has 0 bridgehead atoms. The van der Waals surface area contributed by atoms with Gasteiger partial charge in [-0.15, -0.1) is 0 Å². The lowest BCUT2D eigenvalue weighted by Gasteiger charge is -2.19. The molecule has 4 aromatic rings. The van der Waals surface area contributed by atoms with Crippen molar-refractivity contribution in [3.8, 4) is 0 Å². The first-order valence-corrected chi connectivity index (χ1v) is 9.63. The van der Waals surface area contributed by atoms with Gasteiger partial charge in [-0.1, -0.05) is 53.3 Å². The van der Waals surface area contributed by atoms with E-state index in [1.807, 2.05) is 56.4 Å². The molecule has 2 heterocycles. The Morgan fingerprint density at radius 2 is 1.96 bits per heavy atom. The van der Waals surface area contributed by atoms with Gasteiger partial charge in [0.25, 0.3) is 5.91 Å². The van der Waals surface area contributed by atoms with Crippen LogP contribution in [0, 0.1) is 6.92 Å². The van der Waals surface area contributed by atoms with Crippen LogP contribution < -0.4 is 4.90 Å². The summed E-state index contributed by atoms with van der Waals surface area (Å²) in [4.78, 5) is 19.6. The average molecular weight is 397 g/mol. The highest BCUT2D eigenvalue weighted by atomic mass is 35.5. The molecule has 0 saturated carbocycles. The van der Waals surface area contributed by atoms with E-state index in [1.54, 1.807) is 21.7 Å². The van der Waals surface area contributed by atoms with Gasteiger partial charge in [-0.2, -0.15) is 5.10 Å². The molecule has 0 saturated heterocycles. The molecule has 0 radical (unpaired) electrons. The van der Waals surface area contributed by atoms with Crippen molar-refractivity contribution < 1.29 is 4.79 Å². The Labute approximate surface area is 165 Å². The fourth-order valence-corrected chi connectivity index (χ4v) is 4.04. The number of hydrogen-bond donors (Lipinski definition) is 0. The Morgan fingerprint density at radius 3 is 2.67 bits per heavy atom. The van der Waals surface area contributed by atoms with Crippen LogP contribution in [-0.2, 0) is 13.6 Å². The molecule has 7 heteroatoms. The van der Waals surface area contributed by atoms with Crippen molar-refractivity contribution in [3.05, 3.63) is 76.6 Å². The standard InChI is InChI=1S/C20H17ClN4OS/c1-13-10-17(23-24(13)2)19(26)25(12-14-6-4-3-5-7-14)20-22-16-9-8-15(21)11-18(16)27-20/h3-11H,12H2,1-2H3. The topological polar surface area (TPSA) is 51.0 Å². The van der Waals surface area contributed by atoms with Gasteiger partial charge < -0.3 is 0 Å². The first kappa shape index (κ1) is 17.7. The lowest BCUT2D eigenvalue weighted by atomic mass is 10.2. The van der Waals surface area contributed by atoms with E-state index in [4.69, 9.17) is 11.6 Å². The quantitative estimate of drug-likeness (QED) is 0.496. The zero-order valence-electron chi connectivity index (χ0n) is 14.9. The van der Waals surface area contributed by atoms with Crippen molar-refractivity contribution in [2.45, 2.75) is 13.5 Å². The second-order valence-electron chi connectivity index (χ2n) is 6.28. The highest BCUT2D eigenvalue weighted by Crippen LogP contribution is 2.32. The molecular formula is C20H17ClN4OS. The van der Waals surface area contributed by atoms with Crippen LogP contribution in [0.25, 0.3) is 10.2 Å². The number of hydrogen-bond acceptors (Lipinski definition) is 4. The Hall–Kier alpha value is -2.70. The minimum absolute atomic E-state index is 0.173. The second-order valence-corrected chi connectivity index (χ2v) is 7.73. The molecule has 27 heavy (non-hydrogen) atoms. The minimum Gasteiger partial charge on any atom is -0.278 e. The molecule has 136 valence electrons. The summed E-state index contributed by atoms with van der Waals surface area (Å²) >= 11 is 7.55. The van der Waals surface area contributed by atoms with Gasteiger partial charge >= 0.3 is 0 Å². The maximum Gasteiger partial charge on any atom is 0.280 e. The number of anilines is 1. The molecule has 2 aromatic carbocycles. The molecule has 1 amide bonds. The number of benzene rings is 2. The Bertz CT molecular complexity index is 1100. The summed E-state index contributed by atoms with van der Waals surface area (Å²) in [5.41, 5.74) is 3.18. The van der Waals surface area contributed by atoms with E-state index in [9.17, 15) is 4.79 Å². The number of nitrogens with zero attached hydrogens (tertiary/aromatic N) is 4. The van der Waals surface area contributed by atoms with Crippen LogP contribution in [0.2, 0.25) is 5.02 Å². The van der Waals surface area contributed by atoms with E-state index in [0.717, 1.165) is 21.5 Å². The van der Waals surface area contributed by atoms with Crippen molar-refractivity contribution in [1.29, 1.82) is 0 Å². The number of thiazole rings is 1. The SMILES string of the molecule is Cc1cc(C(=O)N(Cc2ccccc2)c2nc3ccc(Cl)cc3s2)nn1C. The van der Waals surface area contributed by atoms with Gasteiger partial charge in [-0.05, 0) is 36.8 Å². The predicted molar refractivity (Wildman–Crippen MR) is 110 cm³/mol. The highest BCUT2D eigenvalue weighted by Gasteiger charge is 2.24. The highest BCUT2D eigenvalue weighted by molar-refractivity contribution is 7.22. The third-order valence-corrected chi connectivity index (χ3v) is 5.61. The fourth-order valence-electron chi connectivity index (χ4n) is 2.80. The third-order valence-electron chi connectivity index (χ3n) is 4.33. The molecule has 0 fully saturated rings. The summed E-state index contributed by atoms with van der Waals surface area (Å²) in [5, 5.41) is 5.63. The molecule has 2 aromatic heterocycles. The van der Waals surface area contributed by atoms with Crippen molar-refractivity contribution >= 4 is 44.2 Å². The summed E-state index contributed by atoms with van der Waals surface area (Å²) in [7, 11) is 1.83. The van der Waals surface area contributed by atoms with Crippen LogP contribution >= 0.6 is 22.9 Å². The summed E-state index contributed by atoms with van der Waals surface area (Å²) < 4.78 is 2.65. The Kier molecular flexibility index (Phi) is 4.68. The molecule has 0 aliphatic carbocycles. The molecule has 0 N–H and O–H groups in total. The summed E-state index contributed by atoms with van der Waals surface area (Å²) in [6, 6.07) is 17.2. The lowest BCUT2D eigenvalue weighted by Crippen LogP contribution is -2.30. The Balaban J connectivity index is 1.77. The largest absolute Gasteiger partial charge is 0.280 e. The summed E-state index contributed by atoms with van der Waals surface area (Å²) in [6.07, 6.45) is 0. The van der Waals surface area contributed by atoms with Gasteiger partial charge in [0.05, 0.1) is 16.8 Å². The number of aromatic nitrogens is 3. The van der Waals surface area contributed by atoms with E-state index < -0.39 is 0 Å². The zero-order chi connectivity index (χ0) is 19.0. The molecule has 0 aliphatic rings. The molecule has 0 spiro atoms. The average Bonchev–Trinajstić information content (AvgIpc) is 3.23. The molecular weight excluding hydrogens is 380 g/mol. The van der Waals surface area contributed by atoms with Gasteiger partial charge in [0, 0.05) is 17.8 Å². The zero-order valence-corrected chi connectivity index (χ0v) is 16.5. The minimum atomic E-state index is -0.173. The van der Waals surface area contributed by atoms with E-state index in [0.29, 0.717) is 22.4 Å². The number of amides is 1. The van der Waals surface area contributed by atoms with Crippen LogP contribution in [-0.4, -0.2) is 20.7 Å². The normalized spacial score (nSPS) is 11.1. The second kappa shape index (κ2) is 7.13. The first-order chi connectivity index (χ1) is 13.0. The monoisotopic (exact) mass is 396 g/mol. The van der Waals surface area contributed by atoms with Crippen LogP contribution in [0.5, 0.6) is 0 Å². The summed E-state index contributed by atoms with van der Waals surface area (Å²) in [6.45, 7) is 2.34. The van der Waals surface area contributed by atoms with E-state index >= 15 is 0 Å². The van der Waals surface area contributed by atoms with E-state index in [1.165, 1.54) is 11.3 Å². The maximum absolute atomic E-state index is 13.2. The molecule has 4 rings (SSSR count).